The van der Waals surface area contributed by atoms with E-state index in [-0.39, 0.29) is 0 Å². The summed E-state index contributed by atoms with van der Waals surface area (Å²) in [5, 5.41) is 7.27. The van der Waals surface area contributed by atoms with Crippen LogP contribution in [-0.4, -0.2) is 19.5 Å². The predicted molar refractivity (Wildman–Crippen MR) is 211 cm³/mol. The second-order valence-corrected chi connectivity index (χ2v) is 13.8. The van der Waals surface area contributed by atoms with Gasteiger partial charge in [-0.1, -0.05) is 103 Å². The minimum absolute atomic E-state index is 0.572. The van der Waals surface area contributed by atoms with Crippen LogP contribution in [0.2, 0.25) is 0 Å². The molecule has 0 unspecified atom stereocenters. The van der Waals surface area contributed by atoms with E-state index in [1.165, 1.54) is 42.0 Å². The Kier molecular flexibility index (Phi) is 6.05. The van der Waals surface area contributed by atoms with Gasteiger partial charge in [0.2, 0.25) is 0 Å². The fraction of sp³-hybridized carbons (Fsp3) is 0. The summed E-state index contributed by atoms with van der Waals surface area (Å²) >= 11 is 1.87. The third-order valence-electron chi connectivity index (χ3n) is 9.88. The maximum atomic E-state index is 6.40. The van der Waals surface area contributed by atoms with E-state index in [0.29, 0.717) is 17.5 Å². The Bertz CT molecular complexity index is 3140. The molecule has 0 saturated carbocycles. The standard InChI is InChI=1S/C45H26N4OS/c1-2-11-27(12-3-1)43-46-44(48-45(47-43)35-17-10-16-32-30-13-5-8-19-38(30)50-41(32)35)28-21-23-29(24-22-28)49-36-18-7-4-15-34(36)40-37(49)26-25-33-31-14-6-9-20-39(31)51-42(33)40/h1-26H. The normalized spacial score (nSPS) is 11.9. The smallest absolute Gasteiger partial charge is 0.167 e. The number of hydrogen-bond donors (Lipinski definition) is 0. The summed E-state index contributed by atoms with van der Waals surface area (Å²) in [5.74, 6) is 1.79. The average molecular weight is 671 g/mol. The highest BCUT2D eigenvalue weighted by Gasteiger charge is 2.20. The molecule has 6 heteroatoms. The summed E-state index contributed by atoms with van der Waals surface area (Å²) in [5.41, 5.74) is 7.72. The van der Waals surface area contributed by atoms with Crippen LogP contribution in [0, 0.1) is 0 Å². The highest BCUT2D eigenvalue weighted by Crippen LogP contribution is 2.43. The lowest BCUT2D eigenvalue weighted by Crippen LogP contribution is -2.00. The Morgan fingerprint density at radius 2 is 1.12 bits per heavy atom. The van der Waals surface area contributed by atoms with Gasteiger partial charge in [0.25, 0.3) is 0 Å². The molecule has 0 amide bonds. The Hall–Kier alpha value is -6.63. The van der Waals surface area contributed by atoms with E-state index in [1.54, 1.807) is 0 Å². The number of furan rings is 1. The molecule has 0 N–H and O–H groups in total. The molecule has 0 aliphatic carbocycles. The van der Waals surface area contributed by atoms with E-state index in [1.807, 2.05) is 72.0 Å². The van der Waals surface area contributed by atoms with Crippen molar-refractivity contribution >= 4 is 75.3 Å². The molecule has 7 aromatic carbocycles. The maximum absolute atomic E-state index is 6.40. The van der Waals surface area contributed by atoms with Gasteiger partial charge in [0, 0.05) is 58.5 Å². The Labute approximate surface area is 295 Å². The van der Waals surface area contributed by atoms with Crippen LogP contribution in [-0.2, 0) is 0 Å². The van der Waals surface area contributed by atoms with E-state index < -0.39 is 0 Å². The summed E-state index contributed by atoms with van der Waals surface area (Å²) in [6, 6.07) is 54.9. The molecular weight excluding hydrogens is 645 g/mol. The summed E-state index contributed by atoms with van der Waals surface area (Å²) in [6.45, 7) is 0. The van der Waals surface area contributed by atoms with Crippen molar-refractivity contribution in [2.75, 3.05) is 0 Å². The van der Waals surface area contributed by atoms with Crippen LogP contribution in [0.15, 0.2) is 162 Å². The number of thiophene rings is 1. The summed E-state index contributed by atoms with van der Waals surface area (Å²) in [4.78, 5) is 15.1. The van der Waals surface area contributed by atoms with Gasteiger partial charge in [-0.3, -0.25) is 0 Å². The van der Waals surface area contributed by atoms with Gasteiger partial charge >= 0.3 is 0 Å². The Morgan fingerprint density at radius 1 is 0.451 bits per heavy atom. The number of fused-ring (bicyclic) bond motifs is 10. The van der Waals surface area contributed by atoms with Gasteiger partial charge in [-0.25, -0.2) is 15.0 Å². The fourth-order valence-electron chi connectivity index (χ4n) is 7.54. The van der Waals surface area contributed by atoms with E-state index in [0.717, 1.165) is 44.3 Å². The van der Waals surface area contributed by atoms with Crippen LogP contribution in [0.4, 0.5) is 0 Å². The lowest BCUT2D eigenvalue weighted by Gasteiger charge is -2.11. The summed E-state index contributed by atoms with van der Waals surface area (Å²) < 4.78 is 11.4. The molecule has 0 aliphatic rings. The first-order chi connectivity index (χ1) is 25.3. The molecule has 0 fully saturated rings. The van der Waals surface area contributed by atoms with Crippen LogP contribution < -0.4 is 0 Å². The monoisotopic (exact) mass is 670 g/mol. The third-order valence-corrected chi connectivity index (χ3v) is 11.1. The molecule has 0 bridgehead atoms. The fourth-order valence-corrected chi connectivity index (χ4v) is 8.80. The van der Waals surface area contributed by atoms with Gasteiger partial charge in [0.05, 0.1) is 16.6 Å². The van der Waals surface area contributed by atoms with E-state index in [2.05, 4.69) is 102 Å². The molecule has 0 saturated heterocycles. The number of aromatic nitrogens is 4. The number of benzene rings is 7. The molecule has 5 nitrogen and oxygen atoms in total. The van der Waals surface area contributed by atoms with Gasteiger partial charge < -0.3 is 8.98 Å². The van der Waals surface area contributed by atoms with E-state index in [9.17, 15) is 0 Å². The van der Waals surface area contributed by atoms with Crippen LogP contribution in [0.5, 0.6) is 0 Å². The minimum atomic E-state index is 0.572. The van der Waals surface area contributed by atoms with Crippen molar-refractivity contribution in [2.24, 2.45) is 0 Å². The topological polar surface area (TPSA) is 56.7 Å². The van der Waals surface area contributed by atoms with Crippen LogP contribution in [0.1, 0.15) is 0 Å². The zero-order valence-corrected chi connectivity index (χ0v) is 27.9. The first-order valence-electron chi connectivity index (χ1n) is 16.9. The number of rotatable bonds is 4. The molecule has 0 radical (unpaired) electrons. The predicted octanol–water partition coefficient (Wildman–Crippen LogP) is 12.2. The number of para-hydroxylation sites is 3. The summed E-state index contributed by atoms with van der Waals surface area (Å²) in [6.07, 6.45) is 0. The van der Waals surface area contributed by atoms with Gasteiger partial charge in [0.1, 0.15) is 11.2 Å². The molecule has 51 heavy (non-hydrogen) atoms. The third kappa shape index (κ3) is 4.30. The van der Waals surface area contributed by atoms with Gasteiger partial charge in [-0.15, -0.1) is 11.3 Å². The van der Waals surface area contributed by atoms with Crippen LogP contribution >= 0.6 is 11.3 Å². The van der Waals surface area contributed by atoms with E-state index in [4.69, 9.17) is 19.4 Å². The Balaban J connectivity index is 1.08. The molecular formula is C45H26N4OS. The Morgan fingerprint density at radius 3 is 1.96 bits per heavy atom. The second-order valence-electron chi connectivity index (χ2n) is 12.8. The van der Waals surface area contributed by atoms with Crippen molar-refractivity contribution in [1.82, 2.24) is 19.5 Å². The molecule has 4 heterocycles. The van der Waals surface area contributed by atoms with Crippen molar-refractivity contribution in [2.45, 2.75) is 0 Å². The molecule has 0 spiro atoms. The maximum Gasteiger partial charge on any atom is 0.167 e. The molecule has 238 valence electrons. The SMILES string of the molecule is c1ccc(-c2nc(-c3ccc(-n4c5ccccc5c5c6sc7ccccc7c6ccc54)cc3)nc(-c3cccc4c3oc3ccccc34)n2)cc1. The van der Waals surface area contributed by atoms with Gasteiger partial charge in [-0.05, 0) is 54.6 Å². The van der Waals surface area contributed by atoms with Crippen molar-refractivity contribution in [3.05, 3.63) is 158 Å². The molecule has 11 rings (SSSR count). The quantitative estimate of drug-likeness (QED) is 0.187. The molecule has 0 atom stereocenters. The highest BCUT2D eigenvalue weighted by molar-refractivity contribution is 7.26. The molecule has 11 aromatic rings. The van der Waals surface area contributed by atoms with Gasteiger partial charge in [0.15, 0.2) is 17.5 Å². The molecule has 0 aliphatic heterocycles. The van der Waals surface area contributed by atoms with Crippen LogP contribution in [0.25, 0.3) is 104 Å². The van der Waals surface area contributed by atoms with Crippen molar-refractivity contribution in [3.63, 3.8) is 0 Å². The van der Waals surface area contributed by atoms with Crippen molar-refractivity contribution in [3.8, 4) is 39.9 Å². The first-order valence-corrected chi connectivity index (χ1v) is 17.8. The number of hydrogen-bond acceptors (Lipinski definition) is 5. The largest absolute Gasteiger partial charge is 0.455 e. The number of nitrogens with zero attached hydrogens (tertiary/aromatic N) is 4. The van der Waals surface area contributed by atoms with Crippen molar-refractivity contribution in [1.29, 1.82) is 0 Å². The van der Waals surface area contributed by atoms with Crippen molar-refractivity contribution < 1.29 is 4.42 Å². The van der Waals surface area contributed by atoms with Crippen LogP contribution in [0.3, 0.4) is 0 Å². The first kappa shape index (κ1) is 28.2. The minimum Gasteiger partial charge on any atom is -0.455 e. The average Bonchev–Trinajstić information content (AvgIpc) is 3.88. The summed E-state index contributed by atoms with van der Waals surface area (Å²) in [7, 11) is 0. The van der Waals surface area contributed by atoms with Gasteiger partial charge in [-0.2, -0.15) is 0 Å². The second kappa shape index (κ2) is 10.9. The highest BCUT2D eigenvalue weighted by atomic mass is 32.1. The lowest BCUT2D eigenvalue weighted by molar-refractivity contribution is 0.669. The zero-order valence-electron chi connectivity index (χ0n) is 27.1. The lowest BCUT2D eigenvalue weighted by atomic mass is 10.1. The van der Waals surface area contributed by atoms with E-state index >= 15 is 0 Å². The zero-order chi connectivity index (χ0) is 33.5. The molecule has 4 aromatic heterocycles.